The Morgan fingerprint density at radius 2 is 1.90 bits per heavy atom. The predicted molar refractivity (Wildman–Crippen MR) is 114 cm³/mol. The second-order valence-corrected chi connectivity index (χ2v) is 7.50. The molecule has 0 saturated carbocycles. The van der Waals surface area contributed by atoms with Gasteiger partial charge in [-0.1, -0.05) is 6.07 Å². The summed E-state index contributed by atoms with van der Waals surface area (Å²) < 4.78 is 10.6. The molecule has 0 aliphatic carbocycles. The van der Waals surface area contributed by atoms with Gasteiger partial charge in [0.25, 0.3) is 11.7 Å². The number of aromatic nitrogens is 1. The van der Waals surface area contributed by atoms with Crippen molar-refractivity contribution in [2.24, 2.45) is 0 Å². The van der Waals surface area contributed by atoms with Crippen LogP contribution in [0.4, 0.5) is 0 Å². The van der Waals surface area contributed by atoms with E-state index in [0.717, 1.165) is 31.5 Å². The number of hydrogen-bond donors (Lipinski definition) is 0. The van der Waals surface area contributed by atoms with Crippen molar-refractivity contribution >= 4 is 11.7 Å². The lowest BCUT2D eigenvalue weighted by Crippen LogP contribution is -2.38. The fraction of sp³-hybridized carbons (Fsp3) is 0.435. The average molecular weight is 412 g/mol. The first-order chi connectivity index (χ1) is 14.5. The van der Waals surface area contributed by atoms with E-state index in [1.165, 1.54) is 12.7 Å². The molecule has 1 aliphatic rings. The summed E-state index contributed by atoms with van der Waals surface area (Å²) in [4.78, 5) is 33.5. The van der Waals surface area contributed by atoms with Crippen molar-refractivity contribution in [3.05, 3.63) is 53.3 Å². The molecule has 1 amide bonds. The molecule has 30 heavy (non-hydrogen) atoms. The summed E-state index contributed by atoms with van der Waals surface area (Å²) in [7, 11) is 5.15. The van der Waals surface area contributed by atoms with Crippen LogP contribution in [0.1, 0.15) is 27.9 Å². The largest absolute Gasteiger partial charge is 0.493 e. The number of ketones is 1. The minimum Gasteiger partial charge on any atom is -0.493 e. The van der Waals surface area contributed by atoms with Crippen molar-refractivity contribution in [3.8, 4) is 11.5 Å². The first kappa shape index (κ1) is 21.8. The van der Waals surface area contributed by atoms with E-state index in [0.29, 0.717) is 36.6 Å². The SMILES string of the molecule is COc1cc2c(cc1OC)C(=O)C(=O)N(CCCN(C)CCc1cccnc1)CC2. The standard InChI is InChI=1S/C23H29N3O4/c1-25(12-7-17-6-4-9-24-16-17)10-5-11-26-13-8-18-14-20(29-2)21(30-3)15-19(18)22(27)23(26)28/h4,6,9,14-16H,5,7-8,10-13H2,1-3H3. The number of pyridine rings is 1. The number of hydrogen-bond acceptors (Lipinski definition) is 6. The van der Waals surface area contributed by atoms with E-state index in [4.69, 9.17) is 9.47 Å². The van der Waals surface area contributed by atoms with Gasteiger partial charge in [-0.2, -0.15) is 0 Å². The van der Waals surface area contributed by atoms with E-state index in [9.17, 15) is 9.59 Å². The van der Waals surface area contributed by atoms with E-state index in [-0.39, 0.29) is 0 Å². The number of likely N-dealkylation sites (N-methyl/N-ethyl adjacent to an activating group) is 1. The molecule has 2 aromatic rings. The van der Waals surface area contributed by atoms with Crippen LogP contribution in [0.5, 0.6) is 11.5 Å². The second kappa shape index (κ2) is 10.2. The average Bonchev–Trinajstić information content (AvgIpc) is 2.89. The maximum Gasteiger partial charge on any atom is 0.294 e. The van der Waals surface area contributed by atoms with E-state index < -0.39 is 11.7 Å². The molecule has 1 aliphatic heterocycles. The van der Waals surface area contributed by atoms with E-state index >= 15 is 0 Å². The van der Waals surface area contributed by atoms with Crippen LogP contribution in [-0.4, -0.2) is 73.9 Å². The fourth-order valence-electron chi connectivity index (χ4n) is 3.68. The molecule has 0 atom stereocenters. The van der Waals surface area contributed by atoms with Gasteiger partial charge in [0.2, 0.25) is 0 Å². The summed E-state index contributed by atoms with van der Waals surface area (Å²) in [6.07, 6.45) is 6.02. The molecule has 0 unspecified atom stereocenters. The lowest BCUT2D eigenvalue weighted by Gasteiger charge is -2.22. The zero-order valence-corrected chi connectivity index (χ0v) is 17.9. The lowest BCUT2D eigenvalue weighted by molar-refractivity contribution is -0.126. The summed E-state index contributed by atoms with van der Waals surface area (Å²) in [5.41, 5.74) is 2.44. The Morgan fingerprint density at radius 1 is 1.13 bits per heavy atom. The number of amides is 1. The Labute approximate surface area is 177 Å². The van der Waals surface area contributed by atoms with E-state index in [2.05, 4.69) is 23.0 Å². The van der Waals surface area contributed by atoms with Gasteiger partial charge >= 0.3 is 0 Å². The molecular formula is C23H29N3O4. The molecule has 0 spiro atoms. The van der Waals surface area contributed by atoms with Gasteiger partial charge in [-0.15, -0.1) is 0 Å². The smallest absolute Gasteiger partial charge is 0.294 e. The van der Waals surface area contributed by atoms with Crippen molar-refractivity contribution < 1.29 is 19.1 Å². The molecule has 1 aromatic heterocycles. The van der Waals surface area contributed by atoms with Crippen LogP contribution >= 0.6 is 0 Å². The quantitative estimate of drug-likeness (QED) is 0.590. The van der Waals surface area contributed by atoms with Crippen LogP contribution in [0.25, 0.3) is 0 Å². The normalized spacial score (nSPS) is 13.9. The number of Topliss-reactive ketones (excluding diaryl/α,β-unsaturated/α-hetero) is 1. The van der Waals surface area contributed by atoms with Crippen LogP contribution in [-0.2, 0) is 17.6 Å². The highest BCUT2D eigenvalue weighted by molar-refractivity contribution is 6.43. The minimum atomic E-state index is -0.478. The highest BCUT2D eigenvalue weighted by Gasteiger charge is 2.30. The van der Waals surface area contributed by atoms with Crippen LogP contribution in [0.15, 0.2) is 36.7 Å². The number of benzene rings is 1. The van der Waals surface area contributed by atoms with Crippen molar-refractivity contribution in [2.75, 3.05) is 47.4 Å². The van der Waals surface area contributed by atoms with Gasteiger partial charge in [-0.05, 0) is 62.2 Å². The van der Waals surface area contributed by atoms with Crippen molar-refractivity contribution in [1.29, 1.82) is 0 Å². The van der Waals surface area contributed by atoms with Crippen molar-refractivity contribution in [1.82, 2.24) is 14.8 Å². The van der Waals surface area contributed by atoms with E-state index in [1.807, 2.05) is 12.3 Å². The Kier molecular flexibility index (Phi) is 7.41. The third-order valence-corrected chi connectivity index (χ3v) is 5.46. The first-order valence-corrected chi connectivity index (χ1v) is 10.2. The Morgan fingerprint density at radius 3 is 2.60 bits per heavy atom. The molecule has 7 nitrogen and oxygen atoms in total. The second-order valence-electron chi connectivity index (χ2n) is 7.50. The third-order valence-electron chi connectivity index (χ3n) is 5.46. The molecule has 1 aromatic carbocycles. The maximum absolute atomic E-state index is 12.8. The molecule has 0 fully saturated rings. The molecule has 0 bridgehead atoms. The summed E-state index contributed by atoms with van der Waals surface area (Å²) >= 11 is 0. The molecule has 0 radical (unpaired) electrons. The molecule has 160 valence electrons. The zero-order chi connectivity index (χ0) is 21.5. The van der Waals surface area contributed by atoms with Gasteiger partial charge in [0.1, 0.15) is 0 Å². The molecule has 7 heteroatoms. The van der Waals surface area contributed by atoms with Gasteiger partial charge in [0.05, 0.1) is 14.2 Å². The Bertz CT molecular complexity index is 886. The minimum absolute atomic E-state index is 0.411. The molecular weight excluding hydrogens is 382 g/mol. The summed E-state index contributed by atoms with van der Waals surface area (Å²) in [6.45, 7) is 2.85. The maximum atomic E-state index is 12.8. The zero-order valence-electron chi connectivity index (χ0n) is 17.9. The number of ether oxygens (including phenoxy) is 2. The lowest BCUT2D eigenvalue weighted by atomic mass is 10.0. The van der Waals surface area contributed by atoms with Crippen LogP contribution in [0, 0.1) is 0 Å². The third kappa shape index (κ3) is 5.16. The van der Waals surface area contributed by atoms with Gasteiger partial charge in [0.15, 0.2) is 11.5 Å². The fourth-order valence-corrected chi connectivity index (χ4v) is 3.68. The number of rotatable bonds is 9. The predicted octanol–water partition coefficient (Wildman–Crippen LogP) is 2.23. The summed E-state index contributed by atoms with van der Waals surface area (Å²) in [5.74, 6) is 0.105. The van der Waals surface area contributed by atoms with Crippen molar-refractivity contribution in [3.63, 3.8) is 0 Å². The van der Waals surface area contributed by atoms with Gasteiger partial charge in [0, 0.05) is 37.6 Å². The monoisotopic (exact) mass is 411 g/mol. The first-order valence-electron chi connectivity index (χ1n) is 10.2. The number of carbonyl (C=O) groups excluding carboxylic acids is 2. The van der Waals surface area contributed by atoms with Crippen LogP contribution < -0.4 is 9.47 Å². The molecule has 0 N–H and O–H groups in total. The Balaban J connectivity index is 1.55. The number of methoxy groups -OCH3 is 2. The van der Waals surface area contributed by atoms with Crippen LogP contribution in [0.3, 0.4) is 0 Å². The van der Waals surface area contributed by atoms with Gasteiger partial charge in [-0.3, -0.25) is 14.6 Å². The number of carbonyl (C=O) groups is 2. The molecule has 3 rings (SSSR count). The summed E-state index contributed by atoms with van der Waals surface area (Å²) in [5, 5.41) is 0. The Hall–Kier alpha value is -2.93. The van der Waals surface area contributed by atoms with E-state index in [1.54, 1.807) is 30.3 Å². The topological polar surface area (TPSA) is 72.0 Å². The highest BCUT2D eigenvalue weighted by atomic mass is 16.5. The number of fused-ring (bicyclic) bond motifs is 1. The number of nitrogens with zero attached hydrogens (tertiary/aromatic N) is 3. The van der Waals surface area contributed by atoms with Gasteiger partial charge in [-0.25, -0.2) is 0 Å². The molecule has 2 heterocycles. The van der Waals surface area contributed by atoms with Gasteiger partial charge < -0.3 is 19.3 Å². The summed E-state index contributed by atoms with van der Waals surface area (Å²) in [6, 6.07) is 7.43. The highest BCUT2D eigenvalue weighted by Crippen LogP contribution is 2.32. The van der Waals surface area contributed by atoms with Crippen molar-refractivity contribution in [2.45, 2.75) is 19.3 Å². The molecule has 0 saturated heterocycles. The van der Waals surface area contributed by atoms with Crippen LogP contribution in [0.2, 0.25) is 0 Å².